The van der Waals surface area contributed by atoms with Gasteiger partial charge in [0, 0.05) is 25.6 Å². The van der Waals surface area contributed by atoms with Crippen LogP contribution in [0.1, 0.15) is 25.8 Å². The zero-order valence-electron chi connectivity index (χ0n) is 11.0. The molecule has 1 N–H and O–H groups in total. The summed E-state index contributed by atoms with van der Waals surface area (Å²) in [7, 11) is 0. The van der Waals surface area contributed by atoms with Crippen molar-refractivity contribution in [1.29, 1.82) is 0 Å². The summed E-state index contributed by atoms with van der Waals surface area (Å²) in [6, 6.07) is 4.09. The molecule has 0 radical (unpaired) electrons. The molecule has 1 heterocycles. The Morgan fingerprint density at radius 2 is 2.24 bits per heavy atom. The molecule has 1 rings (SSSR count). The molecular formula is C14H24N2O. The number of nitrogens with one attached hydrogen (secondary N) is 1. The minimum Gasteiger partial charge on any atom is -0.381 e. The van der Waals surface area contributed by atoms with E-state index in [9.17, 15) is 0 Å². The molecule has 0 spiro atoms. The van der Waals surface area contributed by atoms with Crippen LogP contribution >= 0.6 is 0 Å². The van der Waals surface area contributed by atoms with Gasteiger partial charge in [0.25, 0.3) is 0 Å². The molecule has 0 atom stereocenters. The van der Waals surface area contributed by atoms with Gasteiger partial charge in [-0.1, -0.05) is 19.9 Å². The predicted octanol–water partition coefficient (Wildman–Crippen LogP) is 2.28. The van der Waals surface area contributed by atoms with Crippen molar-refractivity contribution in [3.05, 3.63) is 30.1 Å². The van der Waals surface area contributed by atoms with Crippen molar-refractivity contribution in [2.75, 3.05) is 26.3 Å². The lowest BCUT2D eigenvalue weighted by Gasteiger charge is -2.07. The Morgan fingerprint density at radius 1 is 1.35 bits per heavy atom. The fraction of sp³-hybridized carbons (Fsp3) is 0.643. The normalized spacial score (nSPS) is 11.0. The molecule has 0 aliphatic rings. The van der Waals surface area contributed by atoms with Crippen LogP contribution in [-0.2, 0) is 11.2 Å². The predicted molar refractivity (Wildman–Crippen MR) is 71.1 cm³/mol. The lowest BCUT2D eigenvalue weighted by atomic mass is 10.2. The summed E-state index contributed by atoms with van der Waals surface area (Å²) in [6.45, 7) is 8.11. The van der Waals surface area contributed by atoms with E-state index in [0.717, 1.165) is 39.1 Å². The maximum absolute atomic E-state index is 5.51. The molecule has 3 heteroatoms. The summed E-state index contributed by atoms with van der Waals surface area (Å²) in [5, 5.41) is 3.41. The standard InChI is InChI=1S/C14H24N2O/c1-13(2)12-17-10-4-8-15-9-6-14-5-3-7-16-11-14/h3,5,7,11,13,15H,4,6,8-10,12H2,1-2H3. The summed E-state index contributed by atoms with van der Waals surface area (Å²) in [4.78, 5) is 4.09. The molecule has 0 saturated carbocycles. The molecule has 0 aliphatic carbocycles. The van der Waals surface area contributed by atoms with Crippen molar-refractivity contribution in [3.8, 4) is 0 Å². The van der Waals surface area contributed by atoms with Crippen LogP contribution in [0.15, 0.2) is 24.5 Å². The fourth-order valence-electron chi connectivity index (χ4n) is 1.52. The van der Waals surface area contributed by atoms with Crippen molar-refractivity contribution >= 4 is 0 Å². The number of rotatable bonds is 9. The van der Waals surface area contributed by atoms with E-state index in [1.807, 2.05) is 18.5 Å². The highest BCUT2D eigenvalue weighted by Crippen LogP contribution is 1.95. The highest BCUT2D eigenvalue weighted by molar-refractivity contribution is 5.08. The number of pyridine rings is 1. The second-order valence-electron chi connectivity index (χ2n) is 4.68. The SMILES string of the molecule is CC(C)COCCCNCCc1cccnc1. The van der Waals surface area contributed by atoms with Crippen molar-refractivity contribution in [2.24, 2.45) is 5.92 Å². The van der Waals surface area contributed by atoms with E-state index in [1.165, 1.54) is 5.56 Å². The lowest BCUT2D eigenvalue weighted by molar-refractivity contribution is 0.108. The molecule has 0 aromatic carbocycles. The van der Waals surface area contributed by atoms with Crippen LogP contribution in [0.4, 0.5) is 0 Å². The Hall–Kier alpha value is -0.930. The third-order valence-corrected chi connectivity index (χ3v) is 2.41. The van der Waals surface area contributed by atoms with Gasteiger partial charge in [-0.25, -0.2) is 0 Å². The van der Waals surface area contributed by atoms with Crippen molar-refractivity contribution in [1.82, 2.24) is 10.3 Å². The first kappa shape index (κ1) is 14.1. The molecular weight excluding hydrogens is 212 g/mol. The number of aromatic nitrogens is 1. The smallest absolute Gasteiger partial charge is 0.0489 e. The molecule has 1 aromatic heterocycles. The first-order valence-corrected chi connectivity index (χ1v) is 6.46. The zero-order valence-corrected chi connectivity index (χ0v) is 11.0. The summed E-state index contributed by atoms with van der Waals surface area (Å²) in [5.74, 6) is 0.633. The Morgan fingerprint density at radius 3 is 2.94 bits per heavy atom. The summed E-state index contributed by atoms with van der Waals surface area (Å²) < 4.78 is 5.51. The van der Waals surface area contributed by atoms with Crippen LogP contribution < -0.4 is 5.32 Å². The Kier molecular flexibility index (Phi) is 7.60. The minimum atomic E-state index is 0.633. The van der Waals surface area contributed by atoms with Gasteiger partial charge < -0.3 is 10.1 Å². The molecule has 0 unspecified atom stereocenters. The largest absolute Gasteiger partial charge is 0.381 e. The van der Waals surface area contributed by atoms with Crippen LogP contribution in [0.2, 0.25) is 0 Å². The van der Waals surface area contributed by atoms with Gasteiger partial charge in [-0.3, -0.25) is 4.98 Å². The van der Waals surface area contributed by atoms with Crippen LogP contribution in [-0.4, -0.2) is 31.3 Å². The molecule has 96 valence electrons. The second kappa shape index (κ2) is 9.14. The Bertz CT molecular complexity index is 275. The number of ether oxygens (including phenoxy) is 1. The first-order chi connectivity index (χ1) is 8.29. The van der Waals surface area contributed by atoms with Gasteiger partial charge in [-0.15, -0.1) is 0 Å². The van der Waals surface area contributed by atoms with E-state index in [0.29, 0.717) is 5.92 Å². The third-order valence-electron chi connectivity index (χ3n) is 2.41. The molecule has 0 saturated heterocycles. The van der Waals surface area contributed by atoms with Crippen LogP contribution in [0.3, 0.4) is 0 Å². The number of hydrogen-bond donors (Lipinski definition) is 1. The zero-order chi connectivity index (χ0) is 12.3. The monoisotopic (exact) mass is 236 g/mol. The van der Waals surface area contributed by atoms with Gasteiger partial charge in [-0.05, 0) is 43.5 Å². The van der Waals surface area contributed by atoms with Crippen LogP contribution in [0.25, 0.3) is 0 Å². The fourth-order valence-corrected chi connectivity index (χ4v) is 1.52. The Labute approximate surface area is 105 Å². The van der Waals surface area contributed by atoms with Crippen LogP contribution in [0, 0.1) is 5.92 Å². The van der Waals surface area contributed by atoms with Crippen molar-refractivity contribution in [2.45, 2.75) is 26.7 Å². The summed E-state index contributed by atoms with van der Waals surface area (Å²) in [6.07, 6.45) is 5.86. The topological polar surface area (TPSA) is 34.1 Å². The molecule has 1 aromatic rings. The Balaban J connectivity index is 1.88. The highest BCUT2D eigenvalue weighted by atomic mass is 16.5. The van der Waals surface area contributed by atoms with E-state index < -0.39 is 0 Å². The molecule has 0 bridgehead atoms. The lowest BCUT2D eigenvalue weighted by Crippen LogP contribution is -2.20. The summed E-state index contributed by atoms with van der Waals surface area (Å²) >= 11 is 0. The van der Waals surface area contributed by atoms with E-state index in [1.54, 1.807) is 0 Å². The van der Waals surface area contributed by atoms with E-state index >= 15 is 0 Å². The maximum Gasteiger partial charge on any atom is 0.0489 e. The summed E-state index contributed by atoms with van der Waals surface area (Å²) in [5.41, 5.74) is 1.29. The first-order valence-electron chi connectivity index (χ1n) is 6.46. The average Bonchev–Trinajstić information content (AvgIpc) is 2.33. The van der Waals surface area contributed by atoms with Gasteiger partial charge in [0.2, 0.25) is 0 Å². The highest BCUT2D eigenvalue weighted by Gasteiger charge is 1.94. The van der Waals surface area contributed by atoms with E-state index in [4.69, 9.17) is 4.74 Å². The maximum atomic E-state index is 5.51. The van der Waals surface area contributed by atoms with Gasteiger partial charge in [0.05, 0.1) is 0 Å². The van der Waals surface area contributed by atoms with Crippen molar-refractivity contribution < 1.29 is 4.74 Å². The van der Waals surface area contributed by atoms with Gasteiger partial charge in [-0.2, -0.15) is 0 Å². The van der Waals surface area contributed by atoms with Gasteiger partial charge in [0.15, 0.2) is 0 Å². The average molecular weight is 236 g/mol. The van der Waals surface area contributed by atoms with E-state index in [-0.39, 0.29) is 0 Å². The van der Waals surface area contributed by atoms with Crippen molar-refractivity contribution in [3.63, 3.8) is 0 Å². The minimum absolute atomic E-state index is 0.633. The number of nitrogens with zero attached hydrogens (tertiary/aromatic N) is 1. The van der Waals surface area contributed by atoms with Gasteiger partial charge in [0.1, 0.15) is 0 Å². The third kappa shape index (κ3) is 7.88. The molecule has 0 aliphatic heterocycles. The number of hydrogen-bond acceptors (Lipinski definition) is 3. The van der Waals surface area contributed by atoms with E-state index in [2.05, 4.69) is 30.2 Å². The molecule has 3 nitrogen and oxygen atoms in total. The van der Waals surface area contributed by atoms with Crippen LogP contribution in [0.5, 0.6) is 0 Å². The van der Waals surface area contributed by atoms with Gasteiger partial charge >= 0.3 is 0 Å². The second-order valence-corrected chi connectivity index (χ2v) is 4.68. The molecule has 17 heavy (non-hydrogen) atoms. The quantitative estimate of drug-likeness (QED) is 0.668. The molecule has 0 fully saturated rings. The molecule has 0 amide bonds.